The average molecular weight is 247 g/mol. The van der Waals surface area contributed by atoms with E-state index in [9.17, 15) is 5.11 Å². The Balaban J connectivity index is 2.25. The quantitative estimate of drug-likeness (QED) is 0.850. The number of aliphatic hydroxyl groups excluding tert-OH is 1. The number of halogens is 1. The van der Waals surface area contributed by atoms with Crippen molar-refractivity contribution in [1.82, 2.24) is 0 Å². The van der Waals surface area contributed by atoms with Crippen molar-refractivity contribution < 1.29 is 5.11 Å². The van der Waals surface area contributed by atoms with Gasteiger partial charge in [-0.15, -0.1) is 11.3 Å². The van der Waals surface area contributed by atoms with Gasteiger partial charge < -0.3 is 5.11 Å². The van der Waals surface area contributed by atoms with E-state index in [0.29, 0.717) is 5.92 Å². The molecule has 1 fully saturated rings. The fourth-order valence-electron chi connectivity index (χ4n) is 1.33. The molecule has 0 amide bonds. The van der Waals surface area contributed by atoms with Gasteiger partial charge in [0.05, 0.1) is 6.10 Å². The van der Waals surface area contributed by atoms with Gasteiger partial charge in [-0.1, -0.05) is 0 Å². The van der Waals surface area contributed by atoms with E-state index in [1.54, 1.807) is 11.3 Å². The molecule has 66 valence electrons. The summed E-state index contributed by atoms with van der Waals surface area (Å²) in [6.07, 6.45) is 2.15. The molecule has 1 aromatic heterocycles. The number of aryl methyl sites for hydroxylation is 1. The topological polar surface area (TPSA) is 20.2 Å². The summed E-state index contributed by atoms with van der Waals surface area (Å²) in [5.41, 5.74) is 0. The van der Waals surface area contributed by atoms with Crippen LogP contribution in [0.5, 0.6) is 0 Å². The minimum atomic E-state index is -0.224. The average Bonchev–Trinajstić information content (AvgIpc) is 2.77. The van der Waals surface area contributed by atoms with Gasteiger partial charge in [-0.2, -0.15) is 0 Å². The Bertz CT molecular complexity index is 291. The molecule has 2 rings (SSSR count). The Hall–Kier alpha value is 0.140. The summed E-state index contributed by atoms with van der Waals surface area (Å²) >= 11 is 5.16. The third-order valence-electron chi connectivity index (χ3n) is 2.17. The first-order valence-electron chi connectivity index (χ1n) is 4.12. The molecule has 12 heavy (non-hydrogen) atoms. The Labute approximate surface area is 84.6 Å². The zero-order valence-electron chi connectivity index (χ0n) is 6.88. The molecule has 1 aliphatic rings. The van der Waals surface area contributed by atoms with Crippen LogP contribution in [0.3, 0.4) is 0 Å². The molecule has 1 saturated carbocycles. The van der Waals surface area contributed by atoms with Gasteiger partial charge in [0.25, 0.3) is 0 Å². The summed E-state index contributed by atoms with van der Waals surface area (Å²) in [4.78, 5) is 2.37. The van der Waals surface area contributed by atoms with Crippen LogP contribution in [-0.4, -0.2) is 5.11 Å². The van der Waals surface area contributed by atoms with Crippen molar-refractivity contribution in [3.05, 3.63) is 20.3 Å². The van der Waals surface area contributed by atoms with Crippen LogP contribution in [0.15, 0.2) is 10.5 Å². The molecular formula is C9H11BrOS. The molecule has 1 aromatic rings. The molecule has 0 bridgehead atoms. The molecule has 0 spiro atoms. The number of aliphatic hydroxyl groups is 1. The summed E-state index contributed by atoms with van der Waals surface area (Å²) in [6.45, 7) is 2.07. The summed E-state index contributed by atoms with van der Waals surface area (Å²) in [7, 11) is 0. The van der Waals surface area contributed by atoms with E-state index in [1.165, 1.54) is 17.7 Å². The fraction of sp³-hybridized carbons (Fsp3) is 0.556. The van der Waals surface area contributed by atoms with Crippen LogP contribution in [0.2, 0.25) is 0 Å². The van der Waals surface area contributed by atoms with Crippen molar-refractivity contribution in [1.29, 1.82) is 0 Å². The highest BCUT2D eigenvalue weighted by Crippen LogP contribution is 2.45. The van der Waals surface area contributed by atoms with Crippen LogP contribution in [0.4, 0.5) is 0 Å². The number of hydrogen-bond donors (Lipinski definition) is 1. The second kappa shape index (κ2) is 3.13. The van der Waals surface area contributed by atoms with Gasteiger partial charge in [0, 0.05) is 14.2 Å². The maximum atomic E-state index is 9.83. The zero-order chi connectivity index (χ0) is 8.72. The van der Waals surface area contributed by atoms with Crippen LogP contribution in [0.25, 0.3) is 0 Å². The Kier molecular flexibility index (Phi) is 2.27. The molecule has 0 aromatic carbocycles. The monoisotopic (exact) mass is 246 g/mol. The van der Waals surface area contributed by atoms with Crippen molar-refractivity contribution in [2.75, 3.05) is 0 Å². The van der Waals surface area contributed by atoms with E-state index in [4.69, 9.17) is 0 Å². The molecule has 1 unspecified atom stereocenters. The van der Waals surface area contributed by atoms with Crippen molar-refractivity contribution in [3.8, 4) is 0 Å². The molecule has 1 aliphatic carbocycles. The largest absolute Gasteiger partial charge is 0.387 e. The minimum absolute atomic E-state index is 0.224. The first kappa shape index (κ1) is 8.73. The molecule has 1 heterocycles. The van der Waals surface area contributed by atoms with E-state index in [0.717, 1.165) is 9.35 Å². The van der Waals surface area contributed by atoms with Crippen molar-refractivity contribution in [2.24, 2.45) is 5.92 Å². The van der Waals surface area contributed by atoms with Gasteiger partial charge >= 0.3 is 0 Å². The van der Waals surface area contributed by atoms with Gasteiger partial charge in [-0.3, -0.25) is 0 Å². The minimum Gasteiger partial charge on any atom is -0.387 e. The Morgan fingerprint density at radius 3 is 2.75 bits per heavy atom. The van der Waals surface area contributed by atoms with Crippen molar-refractivity contribution in [2.45, 2.75) is 25.9 Å². The molecule has 0 radical (unpaired) electrons. The SMILES string of the molecule is Cc1cc(Br)c(C(O)C2CC2)s1. The van der Waals surface area contributed by atoms with Gasteiger partial charge in [0.2, 0.25) is 0 Å². The molecule has 1 atom stereocenters. The molecule has 0 saturated heterocycles. The van der Waals surface area contributed by atoms with Crippen LogP contribution in [0, 0.1) is 12.8 Å². The molecule has 1 nitrogen and oxygen atoms in total. The third kappa shape index (κ3) is 1.58. The lowest BCUT2D eigenvalue weighted by Gasteiger charge is -2.06. The van der Waals surface area contributed by atoms with Crippen molar-refractivity contribution >= 4 is 27.3 Å². The maximum Gasteiger partial charge on any atom is 0.0921 e. The Morgan fingerprint density at radius 2 is 2.33 bits per heavy atom. The number of rotatable bonds is 2. The predicted octanol–water partition coefficient (Wildman–Crippen LogP) is 3.26. The summed E-state index contributed by atoms with van der Waals surface area (Å²) in [5.74, 6) is 0.527. The number of thiophene rings is 1. The van der Waals surface area contributed by atoms with E-state index >= 15 is 0 Å². The highest BCUT2D eigenvalue weighted by atomic mass is 79.9. The maximum absolute atomic E-state index is 9.83. The molecule has 3 heteroatoms. The first-order chi connectivity index (χ1) is 5.68. The lowest BCUT2D eigenvalue weighted by atomic mass is 10.2. The van der Waals surface area contributed by atoms with Gasteiger partial charge in [-0.05, 0) is 47.7 Å². The highest BCUT2D eigenvalue weighted by molar-refractivity contribution is 9.10. The molecule has 1 N–H and O–H groups in total. The summed E-state index contributed by atoms with van der Waals surface area (Å²) < 4.78 is 1.07. The highest BCUT2D eigenvalue weighted by Gasteiger charge is 2.32. The Morgan fingerprint density at radius 1 is 1.67 bits per heavy atom. The first-order valence-corrected chi connectivity index (χ1v) is 5.73. The van der Waals surface area contributed by atoms with E-state index in [-0.39, 0.29) is 6.10 Å². The zero-order valence-corrected chi connectivity index (χ0v) is 9.28. The lowest BCUT2D eigenvalue weighted by molar-refractivity contribution is 0.157. The standard InChI is InChI=1S/C9H11BrOS/c1-5-4-7(10)9(12-5)8(11)6-2-3-6/h4,6,8,11H,2-3H2,1H3. The number of hydrogen-bond acceptors (Lipinski definition) is 2. The van der Waals surface area contributed by atoms with Crippen LogP contribution < -0.4 is 0 Å². The molecular weight excluding hydrogens is 236 g/mol. The second-order valence-electron chi connectivity index (χ2n) is 3.35. The van der Waals surface area contributed by atoms with Gasteiger partial charge in [-0.25, -0.2) is 0 Å². The predicted molar refractivity (Wildman–Crippen MR) is 54.4 cm³/mol. The van der Waals surface area contributed by atoms with Gasteiger partial charge in [0.15, 0.2) is 0 Å². The summed E-state index contributed by atoms with van der Waals surface area (Å²) in [5, 5.41) is 9.83. The van der Waals surface area contributed by atoms with E-state index in [1.807, 2.05) is 0 Å². The lowest BCUT2D eigenvalue weighted by Crippen LogP contribution is -1.96. The van der Waals surface area contributed by atoms with Crippen LogP contribution in [-0.2, 0) is 0 Å². The smallest absolute Gasteiger partial charge is 0.0921 e. The van der Waals surface area contributed by atoms with E-state index in [2.05, 4.69) is 28.9 Å². The van der Waals surface area contributed by atoms with Gasteiger partial charge in [0.1, 0.15) is 0 Å². The second-order valence-corrected chi connectivity index (χ2v) is 5.49. The van der Waals surface area contributed by atoms with E-state index < -0.39 is 0 Å². The molecule has 0 aliphatic heterocycles. The van der Waals surface area contributed by atoms with Crippen LogP contribution in [0.1, 0.15) is 28.7 Å². The fourth-order valence-corrected chi connectivity index (χ4v) is 3.29. The van der Waals surface area contributed by atoms with Crippen molar-refractivity contribution in [3.63, 3.8) is 0 Å². The summed E-state index contributed by atoms with van der Waals surface area (Å²) in [6, 6.07) is 2.07. The van der Waals surface area contributed by atoms with Crippen LogP contribution >= 0.6 is 27.3 Å². The normalized spacial score (nSPS) is 19.6. The third-order valence-corrected chi connectivity index (χ3v) is 4.21.